The molecule has 2 atom stereocenters. The lowest BCUT2D eigenvalue weighted by Crippen LogP contribution is -2.45. The number of hydrogen-bond acceptors (Lipinski definition) is 2. The molecule has 0 fully saturated rings. The van der Waals surface area contributed by atoms with Crippen molar-refractivity contribution in [2.75, 3.05) is 11.9 Å². The van der Waals surface area contributed by atoms with Gasteiger partial charge in [-0.2, -0.15) is 0 Å². The Labute approximate surface area is 94.9 Å². The zero-order valence-corrected chi connectivity index (χ0v) is 9.13. The molecule has 0 saturated carbocycles. The van der Waals surface area contributed by atoms with Crippen molar-refractivity contribution in [2.24, 2.45) is 5.92 Å². The fraction of sp³-hybridized carbons (Fsp3) is 0.214. The van der Waals surface area contributed by atoms with Gasteiger partial charge >= 0.3 is 0 Å². The van der Waals surface area contributed by atoms with E-state index in [0.717, 1.165) is 11.3 Å². The summed E-state index contributed by atoms with van der Waals surface area (Å²) in [5.74, 6) is 0.212. The van der Waals surface area contributed by atoms with Crippen LogP contribution in [0.2, 0.25) is 0 Å². The number of nitrogens with zero attached hydrogens (tertiary/aromatic N) is 1. The first-order valence-electron chi connectivity index (χ1n) is 5.50. The maximum Gasteiger partial charge on any atom is 0.174 e. The highest BCUT2D eigenvalue weighted by molar-refractivity contribution is 6.06. The van der Waals surface area contributed by atoms with E-state index in [1.54, 1.807) is 0 Å². The van der Waals surface area contributed by atoms with Crippen LogP contribution in [0.3, 0.4) is 0 Å². The molecule has 80 valence electrons. The largest absolute Gasteiger partial charge is 0.366 e. The number of allylic oxidation sites excluding steroid dienone is 2. The second kappa shape index (κ2) is 3.34. The fourth-order valence-electron chi connectivity index (χ4n) is 2.54. The van der Waals surface area contributed by atoms with Gasteiger partial charge in [0.15, 0.2) is 5.78 Å². The molecule has 0 N–H and O–H groups in total. The first-order valence-corrected chi connectivity index (χ1v) is 5.50. The van der Waals surface area contributed by atoms with E-state index in [1.165, 1.54) is 0 Å². The topological polar surface area (TPSA) is 20.3 Å². The molecule has 1 aromatic rings. The quantitative estimate of drug-likeness (QED) is 0.657. The number of Topliss-reactive ketones (excluding diaryl/α,β-unsaturated/α-hetero) is 1. The van der Waals surface area contributed by atoms with E-state index in [0.29, 0.717) is 0 Å². The van der Waals surface area contributed by atoms with Crippen LogP contribution in [-0.2, 0) is 0 Å². The van der Waals surface area contributed by atoms with Gasteiger partial charge in [-0.1, -0.05) is 36.4 Å². The van der Waals surface area contributed by atoms with Crippen molar-refractivity contribution in [3.8, 4) is 0 Å². The molecule has 0 spiro atoms. The predicted molar refractivity (Wildman–Crippen MR) is 64.7 cm³/mol. The van der Waals surface area contributed by atoms with Gasteiger partial charge in [-0.15, -0.1) is 0 Å². The second-order valence-electron chi connectivity index (χ2n) is 4.28. The molecule has 2 nitrogen and oxygen atoms in total. The van der Waals surface area contributed by atoms with Gasteiger partial charge in [0, 0.05) is 18.3 Å². The number of fused-ring (bicyclic) bond motifs is 2. The highest BCUT2D eigenvalue weighted by Crippen LogP contribution is 2.34. The Morgan fingerprint density at radius 1 is 1.12 bits per heavy atom. The molecular weight excluding hydrogens is 198 g/mol. The van der Waals surface area contributed by atoms with Crippen LogP contribution in [-0.4, -0.2) is 18.9 Å². The number of ketones is 1. The SMILES string of the molecule is CN1c2ccccc2C(=O)C2C=CC=CC21. The molecule has 3 rings (SSSR count). The zero-order chi connectivity index (χ0) is 11.1. The predicted octanol–water partition coefficient (Wildman–Crippen LogP) is 2.43. The van der Waals surface area contributed by atoms with Crippen LogP contribution in [0.1, 0.15) is 10.4 Å². The summed E-state index contributed by atoms with van der Waals surface area (Å²) in [6.45, 7) is 0. The first kappa shape index (κ1) is 9.40. The maximum absolute atomic E-state index is 12.3. The van der Waals surface area contributed by atoms with Crippen LogP contribution in [0.5, 0.6) is 0 Å². The lowest BCUT2D eigenvalue weighted by atomic mass is 9.82. The molecule has 1 aliphatic heterocycles. The van der Waals surface area contributed by atoms with E-state index in [2.05, 4.69) is 11.0 Å². The number of benzene rings is 1. The van der Waals surface area contributed by atoms with Crippen LogP contribution in [0.15, 0.2) is 48.6 Å². The average molecular weight is 211 g/mol. The molecule has 2 aliphatic rings. The van der Waals surface area contributed by atoms with E-state index in [-0.39, 0.29) is 17.7 Å². The molecule has 0 aromatic heterocycles. The molecule has 0 bridgehead atoms. The monoisotopic (exact) mass is 211 g/mol. The van der Waals surface area contributed by atoms with Gasteiger partial charge in [-0.05, 0) is 12.1 Å². The van der Waals surface area contributed by atoms with Gasteiger partial charge in [-0.3, -0.25) is 4.79 Å². The molecule has 2 unspecified atom stereocenters. The van der Waals surface area contributed by atoms with E-state index in [4.69, 9.17) is 0 Å². The van der Waals surface area contributed by atoms with E-state index >= 15 is 0 Å². The minimum atomic E-state index is -0.0232. The van der Waals surface area contributed by atoms with Gasteiger partial charge in [0.25, 0.3) is 0 Å². The van der Waals surface area contributed by atoms with Crippen molar-refractivity contribution in [1.82, 2.24) is 0 Å². The number of hydrogen-bond donors (Lipinski definition) is 0. The smallest absolute Gasteiger partial charge is 0.174 e. The van der Waals surface area contributed by atoms with Crippen molar-refractivity contribution in [3.05, 3.63) is 54.1 Å². The zero-order valence-electron chi connectivity index (χ0n) is 9.13. The third-order valence-electron chi connectivity index (χ3n) is 3.41. The van der Waals surface area contributed by atoms with Gasteiger partial charge in [0.05, 0.1) is 12.0 Å². The van der Waals surface area contributed by atoms with E-state index < -0.39 is 0 Å². The third kappa shape index (κ3) is 1.16. The minimum Gasteiger partial charge on any atom is -0.366 e. The van der Waals surface area contributed by atoms with Crippen molar-refractivity contribution in [3.63, 3.8) is 0 Å². The lowest BCUT2D eigenvalue weighted by molar-refractivity contribution is 0.0929. The molecule has 16 heavy (non-hydrogen) atoms. The summed E-state index contributed by atoms with van der Waals surface area (Å²) in [4.78, 5) is 14.5. The Morgan fingerprint density at radius 3 is 2.75 bits per heavy atom. The number of carbonyl (C=O) groups is 1. The van der Waals surface area contributed by atoms with E-state index in [1.807, 2.05) is 49.5 Å². The molecule has 1 heterocycles. The van der Waals surface area contributed by atoms with Gasteiger partial charge in [0.1, 0.15) is 0 Å². The number of rotatable bonds is 0. The Hall–Kier alpha value is -1.83. The summed E-state index contributed by atoms with van der Waals surface area (Å²) in [6, 6.07) is 8.00. The Bertz CT molecular complexity index is 501. The summed E-state index contributed by atoms with van der Waals surface area (Å²) < 4.78 is 0. The van der Waals surface area contributed by atoms with Crippen LogP contribution >= 0.6 is 0 Å². The summed E-state index contributed by atoms with van der Waals surface area (Å²) >= 11 is 0. The maximum atomic E-state index is 12.3. The standard InChI is InChI=1S/C14H13NO/c1-15-12-8-4-2-6-10(12)14(16)11-7-3-5-9-13(11)15/h2-10,12H,1H3. The Kier molecular flexibility index (Phi) is 1.96. The normalized spacial score (nSPS) is 26.6. The minimum absolute atomic E-state index is 0.0232. The fourth-order valence-corrected chi connectivity index (χ4v) is 2.54. The van der Waals surface area contributed by atoms with Gasteiger partial charge < -0.3 is 4.90 Å². The van der Waals surface area contributed by atoms with E-state index in [9.17, 15) is 4.79 Å². The second-order valence-corrected chi connectivity index (χ2v) is 4.28. The average Bonchev–Trinajstić information content (AvgIpc) is 2.36. The highest BCUT2D eigenvalue weighted by Gasteiger charge is 2.36. The first-order chi connectivity index (χ1) is 7.79. The number of anilines is 1. The molecular formula is C14H13NO. The Morgan fingerprint density at radius 2 is 1.88 bits per heavy atom. The Balaban J connectivity index is 2.17. The summed E-state index contributed by atoms with van der Waals surface area (Å²) in [5, 5.41) is 0. The van der Waals surface area contributed by atoms with Crippen LogP contribution in [0.4, 0.5) is 5.69 Å². The molecule has 2 heteroatoms. The summed E-state index contributed by atoms with van der Waals surface area (Å²) in [6.07, 6.45) is 8.07. The van der Waals surface area contributed by atoms with Crippen molar-refractivity contribution < 1.29 is 4.79 Å². The van der Waals surface area contributed by atoms with Crippen LogP contribution in [0.25, 0.3) is 0 Å². The molecule has 0 amide bonds. The van der Waals surface area contributed by atoms with Crippen LogP contribution in [0, 0.1) is 5.92 Å². The number of para-hydroxylation sites is 1. The van der Waals surface area contributed by atoms with Crippen LogP contribution < -0.4 is 4.90 Å². The molecule has 0 saturated heterocycles. The van der Waals surface area contributed by atoms with Gasteiger partial charge in [0.2, 0.25) is 0 Å². The third-order valence-corrected chi connectivity index (χ3v) is 3.41. The molecule has 1 aliphatic carbocycles. The molecule has 1 aromatic carbocycles. The highest BCUT2D eigenvalue weighted by atomic mass is 16.1. The summed E-state index contributed by atoms with van der Waals surface area (Å²) in [5.41, 5.74) is 1.87. The molecule has 0 radical (unpaired) electrons. The lowest BCUT2D eigenvalue weighted by Gasteiger charge is -2.38. The number of carbonyl (C=O) groups excluding carboxylic acids is 1. The van der Waals surface area contributed by atoms with Crippen molar-refractivity contribution >= 4 is 11.5 Å². The van der Waals surface area contributed by atoms with Crippen molar-refractivity contribution in [1.29, 1.82) is 0 Å². The van der Waals surface area contributed by atoms with Crippen molar-refractivity contribution in [2.45, 2.75) is 6.04 Å². The number of likely N-dealkylation sites (N-methyl/N-ethyl adjacent to an activating group) is 1. The summed E-state index contributed by atoms with van der Waals surface area (Å²) in [7, 11) is 2.05. The van der Waals surface area contributed by atoms with Gasteiger partial charge in [-0.25, -0.2) is 0 Å².